The van der Waals surface area contributed by atoms with E-state index in [1.54, 1.807) is 12.1 Å². The van der Waals surface area contributed by atoms with Crippen molar-refractivity contribution >= 4 is 27.7 Å². The highest BCUT2D eigenvalue weighted by Crippen LogP contribution is 2.18. The van der Waals surface area contributed by atoms with Gasteiger partial charge in [-0.1, -0.05) is 6.07 Å². The molecule has 2 amide bonds. The zero-order valence-corrected chi connectivity index (χ0v) is 16.0. The summed E-state index contributed by atoms with van der Waals surface area (Å²) in [5.74, 6) is -3.92. The average Bonchev–Trinajstić information content (AvgIpc) is 3.13. The minimum Gasteiger partial charge on any atom is -0.337 e. The summed E-state index contributed by atoms with van der Waals surface area (Å²) in [4.78, 5) is 15.7. The van der Waals surface area contributed by atoms with E-state index in [9.17, 15) is 26.4 Å². The van der Waals surface area contributed by atoms with Gasteiger partial charge in [0.25, 0.3) is 0 Å². The van der Waals surface area contributed by atoms with Crippen LogP contribution in [0.2, 0.25) is 0 Å². The molecular weight excluding hydrogens is 425 g/mol. The number of nitrogens with one attached hydrogen (secondary N) is 3. The third kappa shape index (κ3) is 5.47. The molecule has 3 N–H and O–H groups in total. The first kappa shape index (κ1) is 21.1. The van der Waals surface area contributed by atoms with E-state index in [1.807, 2.05) is 0 Å². The molecule has 0 aliphatic heterocycles. The lowest BCUT2D eigenvalue weighted by atomic mass is 10.3. The molecule has 0 spiro atoms. The summed E-state index contributed by atoms with van der Waals surface area (Å²) in [5, 5.41) is 8.48. The Morgan fingerprint density at radius 3 is 2.53 bits per heavy atom. The Morgan fingerprint density at radius 1 is 1.03 bits per heavy atom. The molecule has 9 nitrogen and oxygen atoms in total. The maximum Gasteiger partial charge on any atom is 0.320 e. The molecule has 0 aliphatic rings. The molecule has 158 valence electrons. The van der Waals surface area contributed by atoms with Crippen molar-refractivity contribution in [3.05, 3.63) is 66.2 Å². The minimum absolute atomic E-state index is 0.0221. The molecule has 30 heavy (non-hydrogen) atoms. The van der Waals surface area contributed by atoms with Crippen LogP contribution in [0.1, 0.15) is 0 Å². The van der Waals surface area contributed by atoms with Crippen molar-refractivity contribution in [2.45, 2.75) is 0 Å². The number of anilines is 2. The molecule has 3 aromatic rings. The second-order valence-electron chi connectivity index (χ2n) is 5.88. The van der Waals surface area contributed by atoms with Crippen LogP contribution in [0.25, 0.3) is 5.69 Å². The van der Waals surface area contributed by atoms with Crippen molar-refractivity contribution in [1.82, 2.24) is 20.1 Å². The predicted molar refractivity (Wildman–Crippen MR) is 102 cm³/mol. The Balaban J connectivity index is 1.53. The zero-order chi connectivity index (χ0) is 21.7. The van der Waals surface area contributed by atoms with Gasteiger partial charge in [0.1, 0.15) is 11.5 Å². The molecule has 3 rings (SSSR count). The smallest absolute Gasteiger partial charge is 0.320 e. The Labute approximate surface area is 169 Å². The van der Waals surface area contributed by atoms with Gasteiger partial charge in [-0.2, -0.15) is 0 Å². The van der Waals surface area contributed by atoms with Crippen molar-refractivity contribution in [3.8, 4) is 5.69 Å². The van der Waals surface area contributed by atoms with E-state index in [4.69, 9.17) is 0 Å². The van der Waals surface area contributed by atoms with Gasteiger partial charge in [0.15, 0.2) is 23.3 Å². The van der Waals surface area contributed by atoms with Gasteiger partial charge in [-0.05, 0) is 12.1 Å². The van der Waals surface area contributed by atoms with E-state index in [-0.39, 0.29) is 23.9 Å². The molecule has 0 unspecified atom stereocenters. The lowest BCUT2D eigenvalue weighted by molar-refractivity contribution is 0.252. The van der Waals surface area contributed by atoms with Crippen LogP contribution in [0.5, 0.6) is 0 Å². The van der Waals surface area contributed by atoms with Gasteiger partial charge in [0, 0.05) is 37.1 Å². The van der Waals surface area contributed by atoms with E-state index in [0.717, 1.165) is 4.68 Å². The molecule has 2 heterocycles. The number of amides is 2. The third-order valence-corrected chi connectivity index (χ3v) is 4.91. The van der Waals surface area contributed by atoms with Crippen LogP contribution in [-0.2, 0) is 10.0 Å². The van der Waals surface area contributed by atoms with Crippen LogP contribution in [0.15, 0.2) is 48.8 Å². The van der Waals surface area contributed by atoms with Crippen molar-refractivity contribution in [2.75, 3.05) is 22.3 Å². The van der Waals surface area contributed by atoms with E-state index in [1.165, 1.54) is 24.5 Å². The lowest BCUT2D eigenvalue weighted by Gasteiger charge is -2.08. The number of aromatic nitrogens is 3. The summed E-state index contributed by atoms with van der Waals surface area (Å²) in [6.45, 7) is -0.216. The fourth-order valence-corrected chi connectivity index (χ4v) is 3.22. The van der Waals surface area contributed by atoms with Crippen LogP contribution in [0, 0.1) is 17.5 Å². The highest BCUT2D eigenvalue weighted by atomic mass is 32.2. The number of nitrogens with zero attached hydrogens (tertiary/aromatic N) is 3. The van der Waals surface area contributed by atoms with Gasteiger partial charge in [-0.25, -0.2) is 36.0 Å². The van der Waals surface area contributed by atoms with Crippen LogP contribution < -0.4 is 15.4 Å². The van der Waals surface area contributed by atoms with E-state index in [0.29, 0.717) is 12.1 Å². The third-order valence-electron chi connectivity index (χ3n) is 3.65. The summed E-state index contributed by atoms with van der Waals surface area (Å²) in [7, 11) is -3.73. The highest BCUT2D eigenvalue weighted by molar-refractivity contribution is 7.92. The topological polar surface area (TPSA) is 118 Å². The first-order valence-electron chi connectivity index (χ1n) is 8.40. The van der Waals surface area contributed by atoms with E-state index in [2.05, 4.69) is 25.4 Å². The van der Waals surface area contributed by atoms with E-state index < -0.39 is 39.3 Å². The largest absolute Gasteiger partial charge is 0.337 e. The van der Waals surface area contributed by atoms with Crippen LogP contribution in [0.3, 0.4) is 0 Å². The number of pyridine rings is 1. The Morgan fingerprint density at radius 2 is 1.80 bits per heavy atom. The standard InChI is InChI=1S/C17H15F3N6O3S/c18-11-9-13(20)14(10-12(11)19)26-7-4-16(24-26)23-17(27)22-6-8-30(28,29)25-15-3-1-2-5-21-15/h1-5,7,9-10H,6,8H2,(H,21,25)(H2,22,23,24,27). The summed E-state index contributed by atoms with van der Waals surface area (Å²) in [5.41, 5.74) is -0.353. The summed E-state index contributed by atoms with van der Waals surface area (Å²) >= 11 is 0. The van der Waals surface area contributed by atoms with E-state index >= 15 is 0 Å². The van der Waals surface area contributed by atoms with Gasteiger partial charge in [0.05, 0.1) is 5.75 Å². The Hall–Kier alpha value is -3.61. The molecular formula is C17H15F3N6O3S. The minimum atomic E-state index is -3.73. The van der Waals surface area contributed by atoms with Crippen molar-refractivity contribution in [2.24, 2.45) is 0 Å². The molecule has 0 saturated heterocycles. The molecule has 13 heteroatoms. The Kier molecular flexibility index (Phi) is 6.20. The van der Waals surface area contributed by atoms with Gasteiger partial charge in [-0.3, -0.25) is 10.0 Å². The SMILES string of the molecule is O=C(NCCS(=O)(=O)Nc1ccccn1)Nc1ccn(-c2cc(F)c(F)cc2F)n1. The molecule has 0 aliphatic carbocycles. The van der Waals surface area contributed by atoms with Crippen molar-refractivity contribution in [3.63, 3.8) is 0 Å². The van der Waals surface area contributed by atoms with Gasteiger partial charge >= 0.3 is 6.03 Å². The molecule has 0 bridgehead atoms. The highest BCUT2D eigenvalue weighted by Gasteiger charge is 2.14. The van der Waals surface area contributed by atoms with Crippen molar-refractivity contribution < 1.29 is 26.4 Å². The second kappa shape index (κ2) is 8.82. The maximum atomic E-state index is 13.8. The first-order chi connectivity index (χ1) is 14.2. The summed E-state index contributed by atoms with van der Waals surface area (Å²) in [6, 6.07) is 6.25. The fraction of sp³-hybridized carbons (Fsp3) is 0.118. The quantitative estimate of drug-likeness (QED) is 0.487. The number of rotatable bonds is 7. The summed E-state index contributed by atoms with van der Waals surface area (Å²) < 4.78 is 67.2. The molecule has 0 fully saturated rings. The maximum absolute atomic E-state index is 13.8. The number of hydrogen-bond donors (Lipinski definition) is 3. The molecule has 2 aromatic heterocycles. The number of urea groups is 1. The zero-order valence-electron chi connectivity index (χ0n) is 15.1. The van der Waals surface area contributed by atoms with Crippen LogP contribution in [0.4, 0.5) is 29.6 Å². The predicted octanol–water partition coefficient (Wildman–Crippen LogP) is 2.25. The van der Waals surface area contributed by atoms with Gasteiger partial charge < -0.3 is 5.32 Å². The molecule has 0 atom stereocenters. The fourth-order valence-electron chi connectivity index (χ4n) is 2.31. The number of carbonyl (C=O) groups is 1. The summed E-state index contributed by atoms with van der Waals surface area (Å²) in [6.07, 6.45) is 2.65. The molecule has 0 saturated carbocycles. The number of sulfonamides is 1. The number of hydrogen-bond acceptors (Lipinski definition) is 5. The van der Waals surface area contributed by atoms with Crippen molar-refractivity contribution in [1.29, 1.82) is 0 Å². The van der Waals surface area contributed by atoms with Gasteiger partial charge in [0.2, 0.25) is 10.0 Å². The number of carbonyl (C=O) groups excluding carboxylic acids is 1. The molecule has 0 radical (unpaired) electrons. The normalized spacial score (nSPS) is 11.2. The van der Waals surface area contributed by atoms with Crippen LogP contribution in [-0.4, -0.2) is 41.5 Å². The lowest BCUT2D eigenvalue weighted by Crippen LogP contribution is -2.34. The molecule has 1 aromatic carbocycles. The first-order valence-corrected chi connectivity index (χ1v) is 10.1. The van der Waals surface area contributed by atoms with Gasteiger partial charge in [-0.15, -0.1) is 5.10 Å². The number of benzene rings is 1. The Bertz CT molecular complexity index is 1150. The number of halogens is 3. The monoisotopic (exact) mass is 440 g/mol. The average molecular weight is 440 g/mol. The second-order valence-corrected chi connectivity index (χ2v) is 7.72. The van der Waals surface area contributed by atoms with Crippen LogP contribution >= 0.6 is 0 Å².